The van der Waals surface area contributed by atoms with Crippen LogP contribution in [0.3, 0.4) is 0 Å². The van der Waals surface area contributed by atoms with Crippen LogP contribution in [0.1, 0.15) is 31.0 Å². The Balaban J connectivity index is 2.27. The van der Waals surface area contributed by atoms with E-state index in [1.807, 2.05) is 27.7 Å². The monoisotopic (exact) mass is 267 g/mol. The van der Waals surface area contributed by atoms with Gasteiger partial charge in [0.25, 0.3) is 5.91 Å². The Morgan fingerprint density at radius 2 is 2.06 bits per heavy atom. The van der Waals surface area contributed by atoms with Gasteiger partial charge in [0.15, 0.2) is 0 Å². The van der Waals surface area contributed by atoms with Gasteiger partial charge in [0.2, 0.25) is 0 Å². The number of rotatable bonds is 3. The molecule has 1 aliphatic rings. The van der Waals surface area contributed by atoms with Crippen molar-refractivity contribution in [2.45, 2.75) is 40.2 Å². The fourth-order valence-corrected chi connectivity index (χ4v) is 3.00. The number of aryl methyl sites for hydroxylation is 2. The van der Waals surface area contributed by atoms with Gasteiger partial charge < -0.3 is 5.32 Å². The van der Waals surface area contributed by atoms with Gasteiger partial charge in [-0.2, -0.15) is 0 Å². The molecule has 1 aromatic rings. The van der Waals surface area contributed by atoms with Gasteiger partial charge >= 0.3 is 6.03 Å². The molecule has 2 rings (SSSR count). The van der Waals surface area contributed by atoms with Gasteiger partial charge in [0, 0.05) is 0 Å². The Hall–Kier alpha value is -1.43. The zero-order valence-corrected chi connectivity index (χ0v) is 11.8. The van der Waals surface area contributed by atoms with Crippen LogP contribution in [0.2, 0.25) is 0 Å². The number of nitrogens with zero attached hydrogens (tertiary/aromatic N) is 2. The highest BCUT2D eigenvalue weighted by atomic mass is 32.1. The molecule has 1 unspecified atom stereocenters. The molecule has 0 radical (unpaired) electrons. The molecular weight excluding hydrogens is 250 g/mol. The predicted molar refractivity (Wildman–Crippen MR) is 70.8 cm³/mol. The summed E-state index contributed by atoms with van der Waals surface area (Å²) in [4.78, 5) is 29.6. The van der Waals surface area contributed by atoms with E-state index in [2.05, 4.69) is 10.3 Å². The number of hydrogen-bond donors (Lipinski definition) is 1. The van der Waals surface area contributed by atoms with Gasteiger partial charge in [0.05, 0.1) is 10.7 Å². The molecule has 1 aromatic heterocycles. The Labute approximate surface area is 110 Å². The number of thiazole rings is 1. The zero-order valence-electron chi connectivity index (χ0n) is 11.0. The van der Waals surface area contributed by atoms with Crippen LogP contribution in [0, 0.1) is 19.8 Å². The molecular formula is C12H17N3O2S. The molecule has 0 saturated carbocycles. The fraction of sp³-hybridized carbons (Fsp3) is 0.583. The first-order chi connectivity index (χ1) is 8.40. The van der Waals surface area contributed by atoms with Crippen LogP contribution < -0.4 is 10.2 Å². The van der Waals surface area contributed by atoms with Gasteiger partial charge in [-0.15, -0.1) is 11.3 Å². The summed E-state index contributed by atoms with van der Waals surface area (Å²) in [5.74, 6) is 0.198. The van der Waals surface area contributed by atoms with Gasteiger partial charge in [0.1, 0.15) is 11.0 Å². The van der Waals surface area contributed by atoms with Crippen molar-refractivity contribution in [3.05, 3.63) is 10.7 Å². The third-order valence-corrected chi connectivity index (χ3v) is 3.87. The number of hydrogen-bond acceptors (Lipinski definition) is 4. The average molecular weight is 267 g/mol. The summed E-state index contributed by atoms with van der Waals surface area (Å²) < 4.78 is 0. The second kappa shape index (κ2) is 4.68. The fourth-order valence-electron chi connectivity index (χ4n) is 2.08. The Bertz CT molecular complexity index is 496. The second-order valence-corrected chi connectivity index (χ2v) is 6.11. The first-order valence-electron chi connectivity index (χ1n) is 5.98. The Morgan fingerprint density at radius 3 is 2.56 bits per heavy atom. The lowest BCUT2D eigenvalue weighted by atomic mass is 10.0. The molecule has 6 heteroatoms. The van der Waals surface area contributed by atoms with E-state index in [9.17, 15) is 9.59 Å². The highest BCUT2D eigenvalue weighted by Gasteiger charge is 2.40. The van der Waals surface area contributed by atoms with E-state index in [1.54, 1.807) is 0 Å². The van der Waals surface area contributed by atoms with Crippen molar-refractivity contribution >= 4 is 28.3 Å². The van der Waals surface area contributed by atoms with Crippen molar-refractivity contribution < 1.29 is 9.59 Å². The molecule has 3 amide bonds. The quantitative estimate of drug-likeness (QED) is 0.854. The third-order valence-electron chi connectivity index (χ3n) is 2.81. The van der Waals surface area contributed by atoms with E-state index < -0.39 is 6.04 Å². The van der Waals surface area contributed by atoms with Crippen LogP contribution in [0.25, 0.3) is 0 Å². The molecule has 98 valence electrons. The number of amides is 3. The standard InChI is InChI=1S/C12H17N3O2S/c1-6(2)5-9-10(16)15(12(17)14-9)11-7(3)13-8(4)18-11/h6,9H,5H2,1-4H3,(H,14,17). The number of carbonyl (C=O) groups excluding carboxylic acids is 2. The minimum atomic E-state index is -0.403. The average Bonchev–Trinajstić information content (AvgIpc) is 2.68. The first-order valence-corrected chi connectivity index (χ1v) is 6.80. The van der Waals surface area contributed by atoms with Crippen molar-refractivity contribution in [2.75, 3.05) is 4.90 Å². The lowest BCUT2D eigenvalue weighted by Crippen LogP contribution is -2.31. The summed E-state index contributed by atoms with van der Waals surface area (Å²) in [6, 6.07) is -0.739. The molecule has 1 atom stereocenters. The molecule has 0 aromatic carbocycles. The van der Waals surface area contributed by atoms with Crippen molar-refractivity contribution in [3.63, 3.8) is 0 Å². The van der Waals surface area contributed by atoms with E-state index in [1.165, 1.54) is 16.2 Å². The van der Waals surface area contributed by atoms with Crippen molar-refractivity contribution in [1.82, 2.24) is 10.3 Å². The van der Waals surface area contributed by atoms with Gasteiger partial charge in [-0.1, -0.05) is 13.8 Å². The molecule has 2 heterocycles. The number of carbonyl (C=O) groups is 2. The maximum Gasteiger partial charge on any atom is 0.330 e. The summed E-state index contributed by atoms with van der Waals surface area (Å²) >= 11 is 1.37. The van der Waals surface area contributed by atoms with Gasteiger partial charge in [-0.3, -0.25) is 4.79 Å². The van der Waals surface area contributed by atoms with Crippen LogP contribution in [0.4, 0.5) is 9.80 Å². The minimum absolute atomic E-state index is 0.166. The van der Waals surface area contributed by atoms with Gasteiger partial charge in [-0.25, -0.2) is 14.7 Å². The van der Waals surface area contributed by atoms with Crippen LogP contribution in [0.15, 0.2) is 0 Å². The molecule has 1 saturated heterocycles. The summed E-state index contributed by atoms with van der Waals surface area (Å²) in [5.41, 5.74) is 0.728. The van der Waals surface area contributed by atoms with Gasteiger partial charge in [-0.05, 0) is 26.2 Å². The SMILES string of the molecule is Cc1nc(C)c(N2C(=O)NC(CC(C)C)C2=O)s1. The molecule has 0 aliphatic carbocycles. The predicted octanol–water partition coefficient (Wildman–Crippen LogP) is 2.23. The van der Waals surface area contributed by atoms with E-state index in [4.69, 9.17) is 0 Å². The smallest absolute Gasteiger partial charge is 0.325 e. The van der Waals surface area contributed by atoms with E-state index in [0.29, 0.717) is 17.3 Å². The molecule has 18 heavy (non-hydrogen) atoms. The van der Waals surface area contributed by atoms with Crippen molar-refractivity contribution in [2.24, 2.45) is 5.92 Å². The number of urea groups is 1. The summed E-state index contributed by atoms with van der Waals surface area (Å²) in [7, 11) is 0. The molecule has 1 fully saturated rings. The maximum absolute atomic E-state index is 12.2. The number of aromatic nitrogens is 1. The molecule has 0 bridgehead atoms. The third kappa shape index (κ3) is 2.25. The van der Waals surface area contributed by atoms with Crippen LogP contribution >= 0.6 is 11.3 Å². The molecule has 1 aliphatic heterocycles. The van der Waals surface area contributed by atoms with Crippen LogP contribution in [0.5, 0.6) is 0 Å². The topological polar surface area (TPSA) is 62.3 Å². The second-order valence-electron chi connectivity index (χ2n) is 4.93. The lowest BCUT2D eigenvalue weighted by Gasteiger charge is -2.12. The maximum atomic E-state index is 12.2. The molecule has 1 N–H and O–H groups in total. The van der Waals surface area contributed by atoms with Crippen LogP contribution in [-0.2, 0) is 4.79 Å². The molecule has 5 nitrogen and oxygen atoms in total. The largest absolute Gasteiger partial charge is 0.330 e. The van der Waals surface area contributed by atoms with Crippen molar-refractivity contribution in [3.8, 4) is 0 Å². The van der Waals surface area contributed by atoms with E-state index in [0.717, 1.165) is 10.7 Å². The number of anilines is 1. The lowest BCUT2D eigenvalue weighted by molar-refractivity contribution is -0.118. The Morgan fingerprint density at radius 1 is 1.39 bits per heavy atom. The summed E-state index contributed by atoms with van der Waals surface area (Å²) in [6.07, 6.45) is 0.665. The normalized spacial score (nSPS) is 19.8. The highest BCUT2D eigenvalue weighted by molar-refractivity contribution is 7.16. The first kappa shape index (κ1) is 13.0. The van der Waals surface area contributed by atoms with Crippen LogP contribution in [-0.4, -0.2) is 23.0 Å². The number of nitrogens with one attached hydrogen (secondary N) is 1. The highest BCUT2D eigenvalue weighted by Crippen LogP contribution is 2.31. The minimum Gasteiger partial charge on any atom is -0.325 e. The Kier molecular flexibility index (Phi) is 3.38. The summed E-state index contributed by atoms with van der Waals surface area (Å²) in [5, 5.41) is 4.23. The van der Waals surface area contributed by atoms with Crippen molar-refractivity contribution in [1.29, 1.82) is 0 Å². The number of imide groups is 1. The van der Waals surface area contributed by atoms with E-state index >= 15 is 0 Å². The zero-order chi connectivity index (χ0) is 13.4. The van der Waals surface area contributed by atoms with E-state index in [-0.39, 0.29) is 11.9 Å². The summed E-state index contributed by atoms with van der Waals surface area (Å²) in [6.45, 7) is 7.74. The molecule has 0 spiro atoms.